The molecule has 1 spiro atoms. The largest absolute Gasteiger partial charge is 0.485 e. The molecule has 1 aliphatic carbocycles. The average Bonchev–Trinajstić information content (AvgIpc) is 2.85. The van der Waals surface area contributed by atoms with Gasteiger partial charge < -0.3 is 15.0 Å². The summed E-state index contributed by atoms with van der Waals surface area (Å²) in [6, 6.07) is 10.0. The zero-order valence-corrected chi connectivity index (χ0v) is 15.6. The van der Waals surface area contributed by atoms with Crippen molar-refractivity contribution in [2.75, 3.05) is 13.6 Å². The van der Waals surface area contributed by atoms with E-state index in [9.17, 15) is 14.4 Å². The lowest BCUT2D eigenvalue weighted by Crippen LogP contribution is -2.51. The van der Waals surface area contributed by atoms with Gasteiger partial charge in [0, 0.05) is 19.2 Å². The fourth-order valence-corrected chi connectivity index (χ4v) is 3.95. The van der Waals surface area contributed by atoms with Crippen LogP contribution in [0.4, 0.5) is 0 Å². The normalized spacial score (nSPS) is 23.9. The van der Waals surface area contributed by atoms with E-state index in [0.29, 0.717) is 17.9 Å². The van der Waals surface area contributed by atoms with Gasteiger partial charge in [0.25, 0.3) is 17.4 Å². The number of nitrogens with one attached hydrogen (secondary N) is 2. The molecule has 8 heteroatoms. The van der Waals surface area contributed by atoms with E-state index in [-0.39, 0.29) is 29.1 Å². The Hall–Kier alpha value is -3.16. The van der Waals surface area contributed by atoms with Gasteiger partial charge in [-0.3, -0.25) is 14.4 Å². The highest BCUT2D eigenvalue weighted by molar-refractivity contribution is 5.97. The second kappa shape index (κ2) is 7.10. The molecule has 1 aromatic heterocycles. The molecule has 0 saturated heterocycles. The molecule has 8 nitrogen and oxygen atoms in total. The first-order valence-corrected chi connectivity index (χ1v) is 9.37. The van der Waals surface area contributed by atoms with Crippen molar-refractivity contribution in [1.82, 2.24) is 20.4 Å². The summed E-state index contributed by atoms with van der Waals surface area (Å²) in [5, 5.41) is 9.09. The lowest BCUT2D eigenvalue weighted by molar-refractivity contribution is 0.0102. The van der Waals surface area contributed by atoms with Crippen LogP contribution in [0.1, 0.15) is 46.5 Å². The van der Waals surface area contributed by atoms with Gasteiger partial charge in [0.2, 0.25) is 0 Å². The third-order valence-electron chi connectivity index (χ3n) is 5.66. The highest BCUT2D eigenvalue weighted by Crippen LogP contribution is 2.37. The molecule has 0 radical (unpaired) electrons. The maximum Gasteiger partial charge on any atom is 0.274 e. The van der Waals surface area contributed by atoms with Crippen LogP contribution in [-0.4, -0.2) is 52.1 Å². The van der Waals surface area contributed by atoms with E-state index in [1.54, 1.807) is 18.0 Å². The van der Waals surface area contributed by atoms with E-state index in [1.807, 2.05) is 18.2 Å². The summed E-state index contributed by atoms with van der Waals surface area (Å²) in [6.07, 6.45) is 2.96. The summed E-state index contributed by atoms with van der Waals surface area (Å²) in [5.41, 5.74) is -0.0299. The van der Waals surface area contributed by atoms with E-state index in [2.05, 4.69) is 15.5 Å². The summed E-state index contributed by atoms with van der Waals surface area (Å²) in [7, 11) is 1.75. The van der Waals surface area contributed by atoms with Crippen molar-refractivity contribution in [3.63, 3.8) is 0 Å². The molecule has 2 amide bonds. The standard InChI is InChI=1S/C20H22N4O4/c1-24(19(27)15-6-7-17(25)23-22-15)13-8-10-20(11-9-13)12-21-18(26)14-4-2-3-5-16(14)28-20/h2-7,13H,8-12H2,1H3,(H,21,26)(H,23,25). The molecule has 2 heterocycles. The Labute approximate surface area is 161 Å². The van der Waals surface area contributed by atoms with Crippen LogP contribution >= 0.6 is 0 Å². The van der Waals surface area contributed by atoms with E-state index in [1.165, 1.54) is 12.1 Å². The Morgan fingerprint density at radius 2 is 1.93 bits per heavy atom. The summed E-state index contributed by atoms with van der Waals surface area (Å²) >= 11 is 0. The third kappa shape index (κ3) is 3.37. The molecule has 1 fully saturated rings. The number of fused-ring (bicyclic) bond motifs is 1. The van der Waals surface area contributed by atoms with Gasteiger partial charge in [0.05, 0.1) is 12.1 Å². The fraction of sp³-hybridized carbons (Fsp3) is 0.400. The van der Waals surface area contributed by atoms with E-state index >= 15 is 0 Å². The Bertz CT molecular complexity index is 942. The minimum Gasteiger partial charge on any atom is -0.485 e. The van der Waals surface area contributed by atoms with Crippen LogP contribution < -0.4 is 15.6 Å². The van der Waals surface area contributed by atoms with Gasteiger partial charge in [-0.05, 0) is 43.9 Å². The number of H-pyrrole nitrogens is 1. The van der Waals surface area contributed by atoms with Crippen LogP contribution in [0.2, 0.25) is 0 Å². The molecular formula is C20H22N4O4. The van der Waals surface area contributed by atoms with E-state index < -0.39 is 5.60 Å². The Morgan fingerprint density at radius 3 is 2.64 bits per heavy atom. The number of hydrogen-bond acceptors (Lipinski definition) is 5. The number of hydrogen-bond donors (Lipinski definition) is 2. The molecule has 1 saturated carbocycles. The number of carbonyl (C=O) groups excluding carboxylic acids is 2. The predicted octanol–water partition coefficient (Wildman–Crippen LogP) is 1.35. The maximum atomic E-state index is 12.6. The SMILES string of the molecule is CN(C(=O)c1ccc(=O)[nH]n1)C1CCC2(CC1)CNC(=O)c1ccccc1O2. The van der Waals surface area contributed by atoms with Crippen molar-refractivity contribution in [1.29, 1.82) is 0 Å². The number of nitrogens with zero attached hydrogens (tertiary/aromatic N) is 2. The van der Waals surface area contributed by atoms with Crippen LogP contribution in [-0.2, 0) is 0 Å². The number of rotatable bonds is 2. The van der Waals surface area contributed by atoms with Crippen LogP contribution in [0, 0.1) is 0 Å². The zero-order chi connectivity index (χ0) is 19.7. The second-order valence-corrected chi connectivity index (χ2v) is 7.42. The van der Waals surface area contributed by atoms with Gasteiger partial charge in [-0.25, -0.2) is 5.10 Å². The Balaban J connectivity index is 1.45. The maximum absolute atomic E-state index is 12.6. The molecule has 0 atom stereocenters. The van der Waals surface area contributed by atoms with Crippen LogP contribution in [0.3, 0.4) is 0 Å². The molecule has 1 aliphatic heterocycles. The minimum atomic E-state index is -0.459. The van der Waals surface area contributed by atoms with Crippen molar-refractivity contribution in [2.45, 2.75) is 37.3 Å². The number of aromatic nitrogens is 2. The third-order valence-corrected chi connectivity index (χ3v) is 5.66. The molecular weight excluding hydrogens is 360 g/mol. The predicted molar refractivity (Wildman–Crippen MR) is 101 cm³/mol. The van der Waals surface area contributed by atoms with Crippen molar-refractivity contribution in [3.05, 3.63) is 58.0 Å². The van der Waals surface area contributed by atoms with Crippen molar-refractivity contribution in [3.8, 4) is 5.75 Å². The molecule has 28 heavy (non-hydrogen) atoms. The summed E-state index contributed by atoms with van der Waals surface area (Å²) in [5.74, 6) is 0.265. The molecule has 1 aromatic carbocycles. The van der Waals surface area contributed by atoms with Gasteiger partial charge in [-0.1, -0.05) is 12.1 Å². The highest BCUT2D eigenvalue weighted by atomic mass is 16.5. The smallest absolute Gasteiger partial charge is 0.274 e. The van der Waals surface area contributed by atoms with Crippen LogP contribution in [0.5, 0.6) is 5.75 Å². The number of amides is 2. The lowest BCUT2D eigenvalue weighted by atomic mass is 9.81. The van der Waals surface area contributed by atoms with Gasteiger partial charge in [0.1, 0.15) is 17.0 Å². The first kappa shape index (κ1) is 18.2. The monoisotopic (exact) mass is 382 g/mol. The minimum absolute atomic E-state index is 0.0460. The first-order chi connectivity index (χ1) is 13.5. The molecule has 2 N–H and O–H groups in total. The summed E-state index contributed by atoms with van der Waals surface area (Å²) in [6.45, 7) is 0.451. The zero-order valence-electron chi connectivity index (χ0n) is 15.6. The number of aromatic amines is 1. The van der Waals surface area contributed by atoms with Crippen LogP contribution in [0.15, 0.2) is 41.2 Å². The lowest BCUT2D eigenvalue weighted by Gasteiger charge is -2.41. The number of ether oxygens (including phenoxy) is 1. The van der Waals surface area contributed by atoms with Gasteiger partial charge >= 0.3 is 0 Å². The number of carbonyl (C=O) groups is 2. The van der Waals surface area contributed by atoms with E-state index in [4.69, 9.17) is 4.74 Å². The quantitative estimate of drug-likeness (QED) is 0.816. The summed E-state index contributed by atoms with van der Waals surface area (Å²) < 4.78 is 6.30. The second-order valence-electron chi connectivity index (χ2n) is 7.42. The molecule has 4 rings (SSSR count). The fourth-order valence-electron chi connectivity index (χ4n) is 3.95. The Morgan fingerprint density at radius 1 is 1.18 bits per heavy atom. The first-order valence-electron chi connectivity index (χ1n) is 9.37. The van der Waals surface area contributed by atoms with Gasteiger partial charge in [0.15, 0.2) is 0 Å². The molecule has 0 unspecified atom stereocenters. The molecule has 2 aliphatic rings. The van der Waals surface area contributed by atoms with E-state index in [0.717, 1.165) is 25.7 Å². The molecule has 2 aromatic rings. The number of benzene rings is 1. The van der Waals surface area contributed by atoms with Crippen molar-refractivity contribution in [2.24, 2.45) is 0 Å². The van der Waals surface area contributed by atoms with Gasteiger partial charge in [-0.2, -0.15) is 5.10 Å². The van der Waals surface area contributed by atoms with Gasteiger partial charge in [-0.15, -0.1) is 0 Å². The Kier molecular flexibility index (Phi) is 4.62. The van der Waals surface area contributed by atoms with Crippen LogP contribution in [0.25, 0.3) is 0 Å². The number of para-hydroxylation sites is 1. The van der Waals surface area contributed by atoms with Crippen molar-refractivity contribution >= 4 is 11.8 Å². The highest BCUT2D eigenvalue weighted by Gasteiger charge is 2.41. The molecule has 146 valence electrons. The van der Waals surface area contributed by atoms with Crippen molar-refractivity contribution < 1.29 is 14.3 Å². The topological polar surface area (TPSA) is 104 Å². The average molecular weight is 382 g/mol. The summed E-state index contributed by atoms with van der Waals surface area (Å²) in [4.78, 5) is 37.8. The molecule has 0 bridgehead atoms.